The molecule has 1 aliphatic rings. The lowest BCUT2D eigenvalue weighted by molar-refractivity contribution is 0.343. The second-order valence-corrected chi connectivity index (χ2v) is 5.43. The van der Waals surface area contributed by atoms with E-state index in [4.69, 9.17) is 12.2 Å². The van der Waals surface area contributed by atoms with E-state index in [2.05, 4.69) is 35.5 Å². The molecule has 0 bridgehead atoms. The Morgan fingerprint density at radius 1 is 1.44 bits per heavy atom. The third kappa shape index (κ3) is 1.95. The van der Waals surface area contributed by atoms with E-state index in [-0.39, 0.29) is 0 Å². The van der Waals surface area contributed by atoms with E-state index in [0.29, 0.717) is 12.0 Å². The van der Waals surface area contributed by atoms with Gasteiger partial charge in [0.05, 0.1) is 0 Å². The molecule has 2 rings (SSSR count). The van der Waals surface area contributed by atoms with Crippen molar-refractivity contribution in [2.45, 2.75) is 52.5 Å². The number of hydrogen-bond donors (Lipinski definition) is 1. The molecule has 1 heterocycles. The molecule has 1 fully saturated rings. The van der Waals surface area contributed by atoms with Crippen LogP contribution < -0.4 is 0 Å². The molecule has 1 N–H and O–H groups in total. The monoisotopic (exact) mass is 239 g/mol. The van der Waals surface area contributed by atoms with Crippen molar-refractivity contribution in [1.29, 1.82) is 0 Å². The summed E-state index contributed by atoms with van der Waals surface area (Å²) in [6.45, 7) is 6.86. The minimum atomic E-state index is 0.558. The summed E-state index contributed by atoms with van der Waals surface area (Å²) >= 11 is 5.36. The summed E-state index contributed by atoms with van der Waals surface area (Å²) in [5.74, 6) is 2.65. The number of hydrogen-bond acceptors (Lipinski definition) is 2. The molecule has 0 aliphatic heterocycles. The highest BCUT2D eigenvalue weighted by molar-refractivity contribution is 7.71. The summed E-state index contributed by atoms with van der Waals surface area (Å²) < 4.78 is 3.07. The van der Waals surface area contributed by atoms with Gasteiger partial charge in [0.25, 0.3) is 0 Å². The zero-order valence-corrected chi connectivity index (χ0v) is 11.2. The van der Waals surface area contributed by atoms with Crippen LogP contribution >= 0.6 is 12.2 Å². The van der Waals surface area contributed by atoms with Crippen LogP contribution in [0.5, 0.6) is 0 Å². The standard InChI is InChI=1S/C12H21N3S/c1-4-5-11-13-14-12(16)15(11)10-7-6-8(2)9(10)3/h8-10H,4-7H2,1-3H3,(H,14,16). The first kappa shape index (κ1) is 11.8. The van der Waals surface area contributed by atoms with Crippen molar-refractivity contribution < 1.29 is 0 Å². The van der Waals surface area contributed by atoms with E-state index in [9.17, 15) is 0 Å². The SMILES string of the molecule is CCCc1n[nH]c(=S)n1C1CCC(C)C1C. The summed E-state index contributed by atoms with van der Waals surface area (Å²) in [6.07, 6.45) is 4.69. The van der Waals surface area contributed by atoms with Crippen molar-refractivity contribution in [2.75, 3.05) is 0 Å². The number of H-pyrrole nitrogens is 1. The van der Waals surface area contributed by atoms with Gasteiger partial charge in [-0.05, 0) is 43.3 Å². The van der Waals surface area contributed by atoms with E-state index in [0.717, 1.165) is 29.4 Å². The largest absolute Gasteiger partial charge is 0.301 e. The molecule has 0 amide bonds. The Bertz CT molecular complexity index is 407. The summed E-state index contributed by atoms with van der Waals surface area (Å²) in [5.41, 5.74) is 0. The van der Waals surface area contributed by atoms with Gasteiger partial charge in [0.15, 0.2) is 4.77 Å². The molecule has 90 valence electrons. The van der Waals surface area contributed by atoms with Crippen LogP contribution in [0.25, 0.3) is 0 Å². The first-order chi connectivity index (χ1) is 7.65. The van der Waals surface area contributed by atoms with Crippen LogP contribution in [-0.4, -0.2) is 14.8 Å². The Hall–Kier alpha value is -0.640. The van der Waals surface area contributed by atoms with Crippen LogP contribution in [0.2, 0.25) is 0 Å². The van der Waals surface area contributed by atoms with Crippen molar-refractivity contribution >= 4 is 12.2 Å². The first-order valence-electron chi connectivity index (χ1n) is 6.31. The van der Waals surface area contributed by atoms with Crippen molar-refractivity contribution in [3.05, 3.63) is 10.6 Å². The molecule has 0 spiro atoms. The average Bonchev–Trinajstić information content (AvgIpc) is 2.75. The van der Waals surface area contributed by atoms with Gasteiger partial charge >= 0.3 is 0 Å². The Morgan fingerprint density at radius 3 is 2.75 bits per heavy atom. The number of aryl methyl sites for hydroxylation is 1. The molecule has 3 atom stereocenters. The Labute approximate surface area is 102 Å². The van der Waals surface area contributed by atoms with Crippen molar-refractivity contribution in [1.82, 2.24) is 14.8 Å². The van der Waals surface area contributed by atoms with E-state index in [1.165, 1.54) is 12.8 Å². The van der Waals surface area contributed by atoms with Crippen LogP contribution in [0.15, 0.2) is 0 Å². The third-order valence-electron chi connectivity index (χ3n) is 4.00. The van der Waals surface area contributed by atoms with Crippen LogP contribution in [0.1, 0.15) is 51.9 Å². The highest BCUT2D eigenvalue weighted by Crippen LogP contribution is 2.40. The summed E-state index contributed by atoms with van der Waals surface area (Å²) in [7, 11) is 0. The van der Waals surface area contributed by atoms with Gasteiger partial charge in [-0.15, -0.1) is 0 Å². The zero-order chi connectivity index (χ0) is 11.7. The maximum atomic E-state index is 5.36. The summed E-state index contributed by atoms with van der Waals surface area (Å²) in [4.78, 5) is 0. The van der Waals surface area contributed by atoms with Crippen LogP contribution in [0, 0.1) is 16.6 Å². The van der Waals surface area contributed by atoms with E-state index >= 15 is 0 Å². The maximum absolute atomic E-state index is 5.36. The topological polar surface area (TPSA) is 33.6 Å². The molecule has 0 saturated heterocycles. The Balaban J connectivity index is 2.32. The van der Waals surface area contributed by atoms with E-state index < -0.39 is 0 Å². The fourth-order valence-corrected chi connectivity index (χ4v) is 3.07. The molecule has 1 saturated carbocycles. The zero-order valence-electron chi connectivity index (χ0n) is 10.4. The second-order valence-electron chi connectivity index (χ2n) is 5.05. The Kier molecular flexibility index (Phi) is 3.47. The number of nitrogens with zero attached hydrogens (tertiary/aromatic N) is 2. The molecular weight excluding hydrogens is 218 g/mol. The number of rotatable bonds is 3. The molecule has 3 unspecified atom stereocenters. The molecule has 1 aliphatic carbocycles. The highest BCUT2D eigenvalue weighted by atomic mass is 32.1. The highest BCUT2D eigenvalue weighted by Gasteiger charge is 2.32. The molecule has 4 heteroatoms. The van der Waals surface area contributed by atoms with Gasteiger partial charge in [-0.2, -0.15) is 5.10 Å². The van der Waals surface area contributed by atoms with Gasteiger partial charge in [0, 0.05) is 12.5 Å². The van der Waals surface area contributed by atoms with Crippen molar-refractivity contribution in [3.63, 3.8) is 0 Å². The minimum Gasteiger partial charge on any atom is -0.301 e. The predicted octanol–water partition coefficient (Wildman–Crippen LogP) is 3.50. The minimum absolute atomic E-state index is 0.558. The van der Waals surface area contributed by atoms with Crippen molar-refractivity contribution in [2.24, 2.45) is 11.8 Å². The van der Waals surface area contributed by atoms with Crippen LogP contribution in [0.4, 0.5) is 0 Å². The average molecular weight is 239 g/mol. The first-order valence-corrected chi connectivity index (χ1v) is 6.71. The normalized spacial score (nSPS) is 29.8. The maximum Gasteiger partial charge on any atom is 0.195 e. The number of aromatic nitrogens is 3. The number of nitrogens with one attached hydrogen (secondary N) is 1. The quantitative estimate of drug-likeness (QED) is 0.819. The summed E-state index contributed by atoms with van der Waals surface area (Å²) in [5, 5.41) is 7.31. The number of aromatic amines is 1. The van der Waals surface area contributed by atoms with Gasteiger partial charge in [-0.3, -0.25) is 5.10 Å². The molecule has 0 aromatic carbocycles. The van der Waals surface area contributed by atoms with Gasteiger partial charge in [-0.1, -0.05) is 20.8 Å². The lowest BCUT2D eigenvalue weighted by atomic mass is 9.97. The third-order valence-corrected chi connectivity index (χ3v) is 4.29. The molecule has 16 heavy (non-hydrogen) atoms. The van der Waals surface area contributed by atoms with E-state index in [1.807, 2.05) is 0 Å². The lowest BCUT2D eigenvalue weighted by Crippen LogP contribution is -2.17. The fraction of sp³-hybridized carbons (Fsp3) is 0.833. The molecular formula is C12H21N3S. The van der Waals surface area contributed by atoms with Crippen molar-refractivity contribution in [3.8, 4) is 0 Å². The molecule has 0 radical (unpaired) electrons. The lowest BCUT2D eigenvalue weighted by Gasteiger charge is -2.21. The summed E-state index contributed by atoms with van der Waals surface area (Å²) in [6, 6.07) is 0.558. The molecule has 1 aromatic heterocycles. The van der Waals surface area contributed by atoms with E-state index in [1.54, 1.807) is 0 Å². The predicted molar refractivity (Wildman–Crippen MR) is 68.0 cm³/mol. The van der Waals surface area contributed by atoms with Gasteiger partial charge in [-0.25, -0.2) is 0 Å². The fourth-order valence-electron chi connectivity index (χ4n) is 2.78. The van der Waals surface area contributed by atoms with Crippen LogP contribution in [0.3, 0.4) is 0 Å². The van der Waals surface area contributed by atoms with Gasteiger partial charge in [0.2, 0.25) is 0 Å². The smallest absolute Gasteiger partial charge is 0.195 e. The second kappa shape index (κ2) is 4.70. The molecule has 3 nitrogen and oxygen atoms in total. The van der Waals surface area contributed by atoms with Gasteiger partial charge in [0.1, 0.15) is 5.82 Å². The van der Waals surface area contributed by atoms with Gasteiger partial charge < -0.3 is 4.57 Å². The van der Waals surface area contributed by atoms with Crippen LogP contribution in [-0.2, 0) is 6.42 Å². The molecule has 1 aromatic rings. The Morgan fingerprint density at radius 2 is 2.19 bits per heavy atom.